The van der Waals surface area contributed by atoms with Crippen LogP contribution in [0.5, 0.6) is 5.75 Å². The van der Waals surface area contributed by atoms with Crippen molar-refractivity contribution in [1.29, 1.82) is 0 Å². The molecule has 134 valence electrons. The first-order chi connectivity index (χ1) is 11.8. The molecule has 0 spiro atoms. The van der Waals surface area contributed by atoms with Gasteiger partial charge in [-0.2, -0.15) is 0 Å². The molecule has 5 nitrogen and oxygen atoms in total. The smallest absolute Gasteiger partial charge is 0.307 e. The first-order valence-corrected chi connectivity index (χ1v) is 8.35. The van der Waals surface area contributed by atoms with Crippen LogP contribution in [0.25, 0.3) is 10.8 Å². The van der Waals surface area contributed by atoms with E-state index in [0.29, 0.717) is 6.42 Å². The maximum atomic E-state index is 11.8. The van der Waals surface area contributed by atoms with E-state index in [-0.39, 0.29) is 18.3 Å². The molecular formula is C20H24O5. The molecule has 0 saturated heterocycles. The van der Waals surface area contributed by atoms with Gasteiger partial charge in [-0.15, -0.1) is 0 Å². The van der Waals surface area contributed by atoms with E-state index in [2.05, 4.69) is 0 Å². The highest BCUT2D eigenvalue weighted by molar-refractivity contribution is 5.85. The highest BCUT2D eigenvalue weighted by atomic mass is 16.5. The summed E-state index contributed by atoms with van der Waals surface area (Å²) in [5.74, 6) is -2.12. The number of aliphatic carboxylic acids is 2. The van der Waals surface area contributed by atoms with E-state index in [4.69, 9.17) is 9.84 Å². The first-order valence-electron chi connectivity index (χ1n) is 8.35. The van der Waals surface area contributed by atoms with Crippen molar-refractivity contribution in [2.75, 3.05) is 7.11 Å². The maximum absolute atomic E-state index is 11.8. The minimum absolute atomic E-state index is 0.0538. The van der Waals surface area contributed by atoms with Crippen molar-refractivity contribution >= 4 is 22.7 Å². The number of rotatable bonds is 8. The number of benzene rings is 2. The fraction of sp³-hybridized carbons (Fsp3) is 0.400. The Morgan fingerprint density at radius 3 is 2.24 bits per heavy atom. The zero-order chi connectivity index (χ0) is 18.6. The monoisotopic (exact) mass is 344 g/mol. The molecule has 2 aromatic rings. The van der Waals surface area contributed by atoms with Gasteiger partial charge >= 0.3 is 11.9 Å². The molecule has 0 unspecified atom stereocenters. The van der Waals surface area contributed by atoms with Crippen LogP contribution in [0.2, 0.25) is 0 Å². The Kier molecular flexibility index (Phi) is 6.02. The van der Waals surface area contributed by atoms with E-state index < -0.39 is 17.9 Å². The van der Waals surface area contributed by atoms with E-state index in [9.17, 15) is 14.7 Å². The molecule has 0 fully saturated rings. The molecule has 25 heavy (non-hydrogen) atoms. The standard InChI is InChI=1S/C20H24O5/c1-12(2)19(20(23)24)17(8-9-18(21)22)15-5-4-14-11-16(25-3)7-6-13(14)10-15/h4-7,10-12,17,19H,8-9H2,1-3H3,(H,21,22)(H,23,24)/t17-,19-/m1/s1. The zero-order valence-corrected chi connectivity index (χ0v) is 14.7. The third-order valence-electron chi connectivity index (χ3n) is 4.61. The van der Waals surface area contributed by atoms with Crippen molar-refractivity contribution in [3.05, 3.63) is 42.0 Å². The topological polar surface area (TPSA) is 83.8 Å². The Morgan fingerprint density at radius 1 is 1.04 bits per heavy atom. The van der Waals surface area contributed by atoms with Gasteiger partial charge in [0.1, 0.15) is 5.75 Å². The van der Waals surface area contributed by atoms with Gasteiger partial charge in [-0.3, -0.25) is 9.59 Å². The van der Waals surface area contributed by atoms with Crippen molar-refractivity contribution in [1.82, 2.24) is 0 Å². The maximum Gasteiger partial charge on any atom is 0.307 e. The third kappa shape index (κ3) is 4.50. The summed E-state index contributed by atoms with van der Waals surface area (Å²) in [6.45, 7) is 3.72. The van der Waals surface area contributed by atoms with Gasteiger partial charge in [-0.05, 0) is 46.7 Å². The molecular weight excluding hydrogens is 320 g/mol. The quantitative estimate of drug-likeness (QED) is 0.751. The largest absolute Gasteiger partial charge is 0.497 e. The molecule has 0 aliphatic carbocycles. The van der Waals surface area contributed by atoms with Gasteiger partial charge in [-0.1, -0.05) is 38.1 Å². The van der Waals surface area contributed by atoms with Gasteiger partial charge in [0.05, 0.1) is 13.0 Å². The number of hydrogen-bond donors (Lipinski definition) is 2. The second-order valence-corrected chi connectivity index (χ2v) is 6.62. The van der Waals surface area contributed by atoms with Crippen LogP contribution in [0.1, 0.15) is 38.2 Å². The van der Waals surface area contributed by atoms with Crippen LogP contribution in [0.15, 0.2) is 36.4 Å². The van der Waals surface area contributed by atoms with Gasteiger partial charge in [0, 0.05) is 6.42 Å². The Bertz CT molecular complexity index is 766. The van der Waals surface area contributed by atoms with Crippen LogP contribution in [0.3, 0.4) is 0 Å². The highest BCUT2D eigenvalue weighted by Crippen LogP contribution is 2.36. The van der Waals surface area contributed by atoms with Crippen LogP contribution in [-0.4, -0.2) is 29.3 Å². The van der Waals surface area contributed by atoms with Crippen molar-refractivity contribution in [3.63, 3.8) is 0 Å². The van der Waals surface area contributed by atoms with Crippen LogP contribution in [-0.2, 0) is 9.59 Å². The number of methoxy groups -OCH3 is 1. The normalized spacial score (nSPS) is 13.6. The van der Waals surface area contributed by atoms with Gasteiger partial charge in [-0.25, -0.2) is 0 Å². The van der Waals surface area contributed by atoms with Crippen molar-refractivity contribution in [2.45, 2.75) is 32.6 Å². The minimum atomic E-state index is -0.913. The molecule has 0 aliphatic rings. The fourth-order valence-corrected chi connectivity index (χ4v) is 3.35. The number of carboxylic acids is 2. The highest BCUT2D eigenvalue weighted by Gasteiger charge is 2.32. The molecule has 0 radical (unpaired) electrons. The molecule has 0 saturated carbocycles. The van der Waals surface area contributed by atoms with Gasteiger partial charge in [0.25, 0.3) is 0 Å². The molecule has 2 aromatic carbocycles. The van der Waals surface area contributed by atoms with Gasteiger partial charge in [0.15, 0.2) is 0 Å². The van der Waals surface area contributed by atoms with E-state index >= 15 is 0 Å². The lowest BCUT2D eigenvalue weighted by Gasteiger charge is -2.27. The lowest BCUT2D eigenvalue weighted by molar-refractivity contribution is -0.145. The lowest BCUT2D eigenvalue weighted by Crippen LogP contribution is -2.27. The van der Waals surface area contributed by atoms with E-state index in [1.54, 1.807) is 7.11 Å². The van der Waals surface area contributed by atoms with Gasteiger partial charge < -0.3 is 14.9 Å². The van der Waals surface area contributed by atoms with Crippen molar-refractivity contribution in [2.24, 2.45) is 11.8 Å². The van der Waals surface area contributed by atoms with Crippen LogP contribution in [0.4, 0.5) is 0 Å². The molecule has 0 heterocycles. The van der Waals surface area contributed by atoms with E-state index in [1.807, 2.05) is 50.2 Å². The zero-order valence-electron chi connectivity index (χ0n) is 14.7. The average Bonchev–Trinajstić information content (AvgIpc) is 2.56. The molecule has 0 amide bonds. The van der Waals surface area contributed by atoms with Crippen molar-refractivity contribution in [3.8, 4) is 5.75 Å². The van der Waals surface area contributed by atoms with Crippen molar-refractivity contribution < 1.29 is 24.5 Å². The predicted molar refractivity (Wildman–Crippen MR) is 96.1 cm³/mol. The van der Waals surface area contributed by atoms with E-state index in [0.717, 1.165) is 22.1 Å². The summed E-state index contributed by atoms with van der Waals surface area (Å²) >= 11 is 0. The fourth-order valence-electron chi connectivity index (χ4n) is 3.35. The molecule has 5 heteroatoms. The SMILES string of the molecule is COc1ccc2cc([C@@H](CCC(=O)O)[C@H](C(=O)O)C(C)C)ccc2c1. The number of hydrogen-bond acceptors (Lipinski definition) is 3. The Balaban J connectivity index is 2.46. The molecule has 2 rings (SSSR count). The van der Waals surface area contributed by atoms with Crippen LogP contribution < -0.4 is 4.74 Å². The summed E-state index contributed by atoms with van der Waals surface area (Å²) in [7, 11) is 1.61. The average molecular weight is 344 g/mol. The lowest BCUT2D eigenvalue weighted by atomic mass is 9.76. The summed E-state index contributed by atoms with van der Waals surface area (Å²) in [6.07, 6.45) is 0.244. The number of fused-ring (bicyclic) bond motifs is 1. The predicted octanol–water partition coefficient (Wildman–Crippen LogP) is 4.15. The summed E-state index contributed by atoms with van der Waals surface area (Å²) in [5.41, 5.74) is 0.861. The molecule has 0 aliphatic heterocycles. The van der Waals surface area contributed by atoms with Gasteiger partial charge in [0.2, 0.25) is 0 Å². The number of carboxylic acid groups (broad SMARTS) is 2. The first kappa shape index (κ1) is 18.8. The number of carbonyl (C=O) groups is 2. The summed E-state index contributed by atoms with van der Waals surface area (Å²) in [4.78, 5) is 22.8. The summed E-state index contributed by atoms with van der Waals surface area (Å²) < 4.78 is 5.22. The van der Waals surface area contributed by atoms with E-state index in [1.165, 1.54) is 0 Å². The summed E-state index contributed by atoms with van der Waals surface area (Å²) in [5, 5.41) is 20.7. The minimum Gasteiger partial charge on any atom is -0.497 e. The second-order valence-electron chi connectivity index (χ2n) is 6.62. The molecule has 2 N–H and O–H groups in total. The second kappa shape index (κ2) is 8.01. The number of ether oxygens (including phenoxy) is 1. The Labute approximate surface area is 147 Å². The van der Waals surface area contributed by atoms with Crippen LogP contribution in [0, 0.1) is 11.8 Å². The Morgan fingerprint density at radius 2 is 1.68 bits per heavy atom. The molecule has 0 bridgehead atoms. The molecule has 0 aromatic heterocycles. The Hall–Kier alpha value is -2.56. The third-order valence-corrected chi connectivity index (χ3v) is 4.61. The summed E-state index contributed by atoms with van der Waals surface area (Å²) in [6, 6.07) is 11.5. The molecule has 2 atom stereocenters. The van der Waals surface area contributed by atoms with Crippen LogP contribution >= 0.6 is 0 Å².